The summed E-state index contributed by atoms with van der Waals surface area (Å²) < 4.78 is 16.5. The largest absolute Gasteiger partial charge is 0.460 e. The van der Waals surface area contributed by atoms with Crippen molar-refractivity contribution in [2.24, 2.45) is 5.41 Å². The highest BCUT2D eigenvalue weighted by Gasteiger charge is 2.30. The lowest BCUT2D eigenvalue weighted by Crippen LogP contribution is -2.39. The lowest BCUT2D eigenvalue weighted by Gasteiger charge is -2.26. The number of hydrogen-bond acceptors (Lipinski definition) is 5. The van der Waals surface area contributed by atoms with Crippen molar-refractivity contribution in [3.8, 4) is 0 Å². The van der Waals surface area contributed by atoms with Crippen molar-refractivity contribution in [1.29, 1.82) is 0 Å². The van der Waals surface area contributed by atoms with Crippen LogP contribution in [0, 0.1) is 5.41 Å². The first kappa shape index (κ1) is 13.0. The van der Waals surface area contributed by atoms with E-state index in [0.717, 1.165) is 0 Å². The molecule has 0 atom stereocenters. The van der Waals surface area contributed by atoms with Gasteiger partial charge in [-0.3, -0.25) is 0 Å². The Morgan fingerprint density at radius 2 is 1.71 bits per heavy atom. The molecule has 0 amide bonds. The van der Waals surface area contributed by atoms with E-state index in [0.29, 0.717) is 0 Å². The second kappa shape index (κ2) is 5.69. The molecule has 0 spiro atoms. The average Bonchev–Trinajstić information content (AvgIpc) is 2.20. The van der Waals surface area contributed by atoms with E-state index < -0.39 is 43.6 Å². The van der Waals surface area contributed by atoms with Crippen molar-refractivity contribution in [2.75, 3.05) is 26.4 Å². The summed E-state index contributed by atoms with van der Waals surface area (Å²) in [4.78, 5) is 10.6. The van der Waals surface area contributed by atoms with Gasteiger partial charge in [-0.1, -0.05) is 6.58 Å². The van der Waals surface area contributed by atoms with Gasteiger partial charge in [0.2, 0.25) is 5.83 Å². The number of esters is 1. The minimum atomic E-state index is -1.34. The number of carbonyl (C=O) groups excluding carboxylic acids is 1. The van der Waals surface area contributed by atoms with E-state index in [-0.39, 0.29) is 0 Å². The number of hydrogen-bond donors (Lipinski definition) is 3. The lowest BCUT2D eigenvalue weighted by molar-refractivity contribution is -0.148. The van der Waals surface area contributed by atoms with Gasteiger partial charge in [0.15, 0.2) is 0 Å². The number of ether oxygens (including phenoxy) is 1. The van der Waals surface area contributed by atoms with Gasteiger partial charge in [0, 0.05) is 0 Å². The molecular weight excluding hydrogens is 195 g/mol. The van der Waals surface area contributed by atoms with Crippen molar-refractivity contribution in [3.05, 3.63) is 12.4 Å². The summed E-state index contributed by atoms with van der Waals surface area (Å²) in [5.41, 5.74) is -1.34. The molecule has 3 N–H and O–H groups in total. The molecule has 0 saturated heterocycles. The summed E-state index contributed by atoms with van der Waals surface area (Å²) in [6, 6.07) is 0. The van der Waals surface area contributed by atoms with Crippen LogP contribution in [-0.2, 0) is 9.53 Å². The summed E-state index contributed by atoms with van der Waals surface area (Å²) in [5, 5.41) is 26.4. The van der Waals surface area contributed by atoms with E-state index in [1.54, 1.807) is 0 Å². The average molecular weight is 208 g/mol. The second-order valence-corrected chi connectivity index (χ2v) is 2.96. The molecule has 0 heterocycles. The minimum Gasteiger partial charge on any atom is -0.460 e. The highest BCUT2D eigenvalue weighted by molar-refractivity contribution is 5.85. The zero-order valence-electron chi connectivity index (χ0n) is 7.57. The minimum absolute atomic E-state index is 0.474. The van der Waals surface area contributed by atoms with E-state index in [1.165, 1.54) is 0 Å². The smallest absolute Gasteiger partial charge is 0.366 e. The van der Waals surface area contributed by atoms with E-state index in [4.69, 9.17) is 15.3 Å². The maximum atomic E-state index is 12.1. The standard InChI is InChI=1S/C8H13FO5/c1-6(9)7(13)14-5-8(2-10,3-11)4-12/h10-12H,1-5H2. The fourth-order valence-corrected chi connectivity index (χ4v) is 0.584. The van der Waals surface area contributed by atoms with Gasteiger partial charge in [0.25, 0.3) is 0 Å². The first-order valence-electron chi connectivity index (χ1n) is 3.85. The third kappa shape index (κ3) is 3.41. The summed E-state index contributed by atoms with van der Waals surface area (Å²) >= 11 is 0. The Morgan fingerprint density at radius 3 is 2.00 bits per heavy atom. The molecule has 0 aromatic heterocycles. The molecule has 0 aliphatic carbocycles. The van der Waals surface area contributed by atoms with Crippen molar-refractivity contribution >= 4 is 5.97 Å². The normalized spacial score (nSPS) is 11.1. The lowest BCUT2D eigenvalue weighted by atomic mass is 9.93. The van der Waals surface area contributed by atoms with Crippen LogP contribution in [0.3, 0.4) is 0 Å². The first-order chi connectivity index (χ1) is 6.51. The highest BCUT2D eigenvalue weighted by atomic mass is 19.1. The van der Waals surface area contributed by atoms with Crippen LogP contribution in [-0.4, -0.2) is 47.7 Å². The monoisotopic (exact) mass is 208 g/mol. The van der Waals surface area contributed by atoms with Crippen molar-refractivity contribution < 1.29 is 29.2 Å². The number of aliphatic hydroxyl groups excluding tert-OH is 3. The molecule has 14 heavy (non-hydrogen) atoms. The van der Waals surface area contributed by atoms with Gasteiger partial charge in [0.1, 0.15) is 6.61 Å². The quantitative estimate of drug-likeness (QED) is 0.384. The molecule has 0 radical (unpaired) electrons. The van der Waals surface area contributed by atoms with Crippen LogP contribution in [0.25, 0.3) is 0 Å². The van der Waals surface area contributed by atoms with Crippen molar-refractivity contribution in [1.82, 2.24) is 0 Å². The number of rotatable bonds is 6. The number of carbonyl (C=O) groups is 1. The second-order valence-electron chi connectivity index (χ2n) is 2.96. The summed E-state index contributed by atoms with van der Waals surface area (Å²) in [5.74, 6) is -2.54. The Kier molecular flexibility index (Phi) is 5.29. The zero-order chi connectivity index (χ0) is 11.2. The predicted octanol–water partition coefficient (Wildman–Crippen LogP) is -1.02. The fourth-order valence-electron chi connectivity index (χ4n) is 0.584. The van der Waals surface area contributed by atoms with E-state index in [2.05, 4.69) is 11.3 Å². The molecule has 0 aromatic carbocycles. The van der Waals surface area contributed by atoms with Gasteiger partial charge in [-0.2, -0.15) is 4.39 Å². The molecule has 82 valence electrons. The van der Waals surface area contributed by atoms with Crippen LogP contribution in [0.5, 0.6) is 0 Å². The molecule has 6 heteroatoms. The molecule has 0 aromatic rings. The SMILES string of the molecule is C=C(F)C(=O)OCC(CO)(CO)CO. The summed E-state index contributed by atoms with van der Waals surface area (Å²) in [7, 11) is 0. The molecule has 0 fully saturated rings. The third-order valence-corrected chi connectivity index (χ3v) is 1.74. The Hall–Kier alpha value is -0.980. The van der Waals surface area contributed by atoms with Crippen molar-refractivity contribution in [2.45, 2.75) is 0 Å². The van der Waals surface area contributed by atoms with Gasteiger partial charge in [0.05, 0.1) is 25.2 Å². The molecule has 0 aliphatic rings. The fraction of sp³-hybridized carbons (Fsp3) is 0.625. The van der Waals surface area contributed by atoms with Gasteiger partial charge in [-0.15, -0.1) is 0 Å². The van der Waals surface area contributed by atoms with Crippen LogP contribution in [0.15, 0.2) is 12.4 Å². The van der Waals surface area contributed by atoms with Crippen LogP contribution in [0.2, 0.25) is 0 Å². The molecule has 0 unspecified atom stereocenters. The molecule has 0 aliphatic heterocycles. The Bertz CT molecular complexity index is 204. The number of aliphatic hydroxyl groups is 3. The van der Waals surface area contributed by atoms with E-state index in [1.807, 2.05) is 0 Å². The Labute approximate surface area is 80.4 Å². The Balaban J connectivity index is 4.19. The van der Waals surface area contributed by atoms with Crippen LogP contribution < -0.4 is 0 Å². The molecule has 5 nitrogen and oxygen atoms in total. The maximum absolute atomic E-state index is 12.1. The summed E-state index contributed by atoms with van der Waals surface area (Å²) in [6.07, 6.45) is 0. The molecular formula is C8H13FO5. The van der Waals surface area contributed by atoms with Gasteiger partial charge in [-0.05, 0) is 0 Å². The van der Waals surface area contributed by atoms with Crippen LogP contribution in [0.1, 0.15) is 0 Å². The van der Waals surface area contributed by atoms with Crippen molar-refractivity contribution in [3.63, 3.8) is 0 Å². The maximum Gasteiger partial charge on any atom is 0.366 e. The third-order valence-electron chi connectivity index (χ3n) is 1.74. The zero-order valence-corrected chi connectivity index (χ0v) is 7.57. The number of halogens is 1. The van der Waals surface area contributed by atoms with E-state index >= 15 is 0 Å². The van der Waals surface area contributed by atoms with Gasteiger partial charge < -0.3 is 20.1 Å². The highest BCUT2D eigenvalue weighted by Crippen LogP contribution is 2.15. The first-order valence-corrected chi connectivity index (χ1v) is 3.85. The predicted molar refractivity (Wildman–Crippen MR) is 44.9 cm³/mol. The molecule has 0 saturated carbocycles. The van der Waals surface area contributed by atoms with Crippen LogP contribution in [0.4, 0.5) is 4.39 Å². The summed E-state index contributed by atoms with van der Waals surface area (Å²) in [6.45, 7) is 0.499. The van der Waals surface area contributed by atoms with Crippen LogP contribution >= 0.6 is 0 Å². The van der Waals surface area contributed by atoms with E-state index in [9.17, 15) is 9.18 Å². The van der Waals surface area contributed by atoms with Gasteiger partial charge >= 0.3 is 5.97 Å². The Morgan fingerprint density at radius 1 is 1.29 bits per heavy atom. The molecule has 0 rings (SSSR count). The van der Waals surface area contributed by atoms with Gasteiger partial charge in [-0.25, -0.2) is 4.79 Å². The topological polar surface area (TPSA) is 87.0 Å². The molecule has 0 bridgehead atoms.